The molecule has 0 spiro atoms. The summed E-state index contributed by atoms with van der Waals surface area (Å²) in [5.41, 5.74) is 1.85. The topological polar surface area (TPSA) is 88.9 Å². The molecule has 25 heavy (non-hydrogen) atoms. The molecule has 2 heterocycles. The summed E-state index contributed by atoms with van der Waals surface area (Å²) in [6, 6.07) is 7.61. The van der Waals surface area contributed by atoms with E-state index in [0.29, 0.717) is 5.82 Å². The van der Waals surface area contributed by atoms with Gasteiger partial charge in [0.1, 0.15) is 5.82 Å². The fourth-order valence-corrected chi connectivity index (χ4v) is 2.97. The molecule has 132 valence electrons. The van der Waals surface area contributed by atoms with Crippen molar-refractivity contribution in [2.24, 2.45) is 0 Å². The minimum atomic E-state index is -0.274. The lowest BCUT2D eigenvalue weighted by molar-refractivity contribution is -0.116. The summed E-state index contributed by atoms with van der Waals surface area (Å²) in [7, 11) is 0. The Balaban J connectivity index is 1.49. The Hall–Kier alpha value is -2.70. The van der Waals surface area contributed by atoms with Crippen LogP contribution in [0.5, 0.6) is 0 Å². The molecule has 0 fully saturated rings. The average molecular weight is 341 g/mol. The van der Waals surface area contributed by atoms with Gasteiger partial charge in [0.05, 0.1) is 0 Å². The molecule has 7 heteroatoms. The van der Waals surface area contributed by atoms with E-state index in [0.717, 1.165) is 49.3 Å². The maximum atomic E-state index is 12.3. The molecular formula is C18H23N5O2. The van der Waals surface area contributed by atoms with E-state index in [9.17, 15) is 9.59 Å². The molecule has 0 radical (unpaired) electrons. The van der Waals surface area contributed by atoms with E-state index in [2.05, 4.69) is 20.8 Å². The Bertz CT molecular complexity index is 769. The molecule has 0 aliphatic carbocycles. The summed E-state index contributed by atoms with van der Waals surface area (Å²) >= 11 is 0. The van der Waals surface area contributed by atoms with E-state index < -0.39 is 0 Å². The Morgan fingerprint density at radius 3 is 2.92 bits per heavy atom. The lowest BCUT2D eigenvalue weighted by atomic mass is 10.2. The lowest BCUT2D eigenvalue weighted by Gasteiger charge is -2.08. The molecule has 0 saturated heterocycles. The second-order valence-electron chi connectivity index (χ2n) is 6.33. The Labute approximate surface area is 146 Å². The van der Waals surface area contributed by atoms with E-state index >= 15 is 0 Å². The van der Waals surface area contributed by atoms with Crippen molar-refractivity contribution in [3.63, 3.8) is 0 Å². The molecule has 0 unspecified atom stereocenters. The van der Waals surface area contributed by atoms with E-state index in [-0.39, 0.29) is 24.8 Å². The molecule has 1 aromatic heterocycles. The van der Waals surface area contributed by atoms with Crippen molar-refractivity contribution in [3.05, 3.63) is 41.5 Å². The predicted molar refractivity (Wildman–Crippen MR) is 94.3 cm³/mol. The van der Waals surface area contributed by atoms with Gasteiger partial charge in [0.2, 0.25) is 11.7 Å². The summed E-state index contributed by atoms with van der Waals surface area (Å²) in [4.78, 5) is 24.3. The first kappa shape index (κ1) is 17.1. The summed E-state index contributed by atoms with van der Waals surface area (Å²) in [5.74, 6) is 0.811. The maximum Gasteiger partial charge on any atom is 0.289 e. The summed E-state index contributed by atoms with van der Waals surface area (Å²) < 4.78 is 1.90. The highest BCUT2D eigenvalue weighted by Gasteiger charge is 2.19. The van der Waals surface area contributed by atoms with Crippen LogP contribution in [-0.2, 0) is 17.8 Å². The van der Waals surface area contributed by atoms with Crippen molar-refractivity contribution in [1.82, 2.24) is 20.1 Å². The van der Waals surface area contributed by atoms with Crippen LogP contribution in [0.25, 0.3) is 0 Å². The Morgan fingerprint density at radius 1 is 1.20 bits per heavy atom. The molecule has 3 rings (SSSR count). The monoisotopic (exact) mass is 341 g/mol. The molecule has 1 aromatic carbocycles. The van der Waals surface area contributed by atoms with E-state index in [1.807, 2.05) is 35.8 Å². The number of benzene rings is 1. The van der Waals surface area contributed by atoms with Crippen molar-refractivity contribution < 1.29 is 9.59 Å². The summed E-state index contributed by atoms with van der Waals surface area (Å²) in [6.45, 7) is 3.01. The number of rotatable bonds is 5. The van der Waals surface area contributed by atoms with Gasteiger partial charge < -0.3 is 15.2 Å². The van der Waals surface area contributed by atoms with Gasteiger partial charge in [-0.2, -0.15) is 0 Å². The lowest BCUT2D eigenvalue weighted by Crippen LogP contribution is -2.30. The number of carbonyl (C=O) groups excluding carboxylic acids is 2. The second kappa shape index (κ2) is 7.92. The molecule has 2 N–H and O–H groups in total. The molecule has 0 atom stereocenters. The maximum absolute atomic E-state index is 12.3. The van der Waals surface area contributed by atoms with Gasteiger partial charge in [0.25, 0.3) is 5.91 Å². The van der Waals surface area contributed by atoms with Gasteiger partial charge in [-0.25, -0.2) is 0 Å². The molecule has 2 amide bonds. The van der Waals surface area contributed by atoms with E-state index in [1.165, 1.54) is 0 Å². The second-order valence-corrected chi connectivity index (χ2v) is 6.33. The van der Waals surface area contributed by atoms with Crippen LogP contribution >= 0.6 is 0 Å². The first-order chi connectivity index (χ1) is 12.1. The molecule has 1 aliphatic heterocycles. The number of fused-ring (bicyclic) bond motifs is 1. The molecule has 7 nitrogen and oxygen atoms in total. The highest BCUT2D eigenvalue weighted by molar-refractivity contribution is 5.93. The zero-order valence-electron chi connectivity index (χ0n) is 14.4. The number of anilines is 1. The predicted octanol–water partition coefficient (Wildman–Crippen LogP) is 2.07. The van der Waals surface area contributed by atoms with Crippen molar-refractivity contribution in [2.45, 2.75) is 45.6 Å². The normalized spacial score (nSPS) is 13.6. The van der Waals surface area contributed by atoms with E-state index in [1.54, 1.807) is 0 Å². The number of nitrogens with zero attached hydrogens (tertiary/aromatic N) is 3. The van der Waals surface area contributed by atoms with Crippen LogP contribution in [0.2, 0.25) is 0 Å². The number of aromatic nitrogens is 3. The van der Waals surface area contributed by atoms with Crippen LogP contribution in [0.3, 0.4) is 0 Å². The van der Waals surface area contributed by atoms with Crippen LogP contribution in [0.1, 0.15) is 47.7 Å². The standard InChI is InChI=1S/C18H23N5O2/c1-13-6-5-7-14(12-13)20-16(24)9-10-19-18(25)17-22-21-15-8-3-2-4-11-23(15)17/h5-7,12H,2-4,8-11H2,1H3,(H,19,25)(H,20,24). The third kappa shape index (κ3) is 4.43. The first-order valence-corrected chi connectivity index (χ1v) is 8.70. The number of hydrogen-bond donors (Lipinski definition) is 2. The zero-order valence-corrected chi connectivity index (χ0v) is 14.4. The number of aryl methyl sites for hydroxylation is 2. The van der Waals surface area contributed by atoms with Gasteiger partial charge in [-0.05, 0) is 37.5 Å². The molecule has 0 bridgehead atoms. The van der Waals surface area contributed by atoms with Crippen LogP contribution < -0.4 is 10.6 Å². The first-order valence-electron chi connectivity index (χ1n) is 8.70. The van der Waals surface area contributed by atoms with Crippen molar-refractivity contribution in [1.29, 1.82) is 0 Å². The van der Waals surface area contributed by atoms with Crippen molar-refractivity contribution in [3.8, 4) is 0 Å². The van der Waals surface area contributed by atoms with Crippen LogP contribution in [0.15, 0.2) is 24.3 Å². The zero-order chi connectivity index (χ0) is 17.6. The smallest absolute Gasteiger partial charge is 0.289 e. The molecular weight excluding hydrogens is 318 g/mol. The van der Waals surface area contributed by atoms with Crippen molar-refractivity contribution in [2.75, 3.05) is 11.9 Å². The fraction of sp³-hybridized carbons (Fsp3) is 0.444. The largest absolute Gasteiger partial charge is 0.349 e. The highest BCUT2D eigenvalue weighted by atomic mass is 16.2. The van der Waals surface area contributed by atoms with Gasteiger partial charge >= 0.3 is 0 Å². The molecule has 2 aromatic rings. The SMILES string of the molecule is Cc1cccc(NC(=O)CCNC(=O)c2nnc3n2CCCCC3)c1. The molecule has 1 aliphatic rings. The van der Waals surface area contributed by atoms with E-state index in [4.69, 9.17) is 0 Å². The van der Waals surface area contributed by atoms with Gasteiger partial charge in [0.15, 0.2) is 0 Å². The Morgan fingerprint density at radius 2 is 2.08 bits per heavy atom. The van der Waals surface area contributed by atoms with Gasteiger partial charge in [-0.1, -0.05) is 18.6 Å². The average Bonchev–Trinajstić information content (AvgIpc) is 2.83. The van der Waals surface area contributed by atoms with Crippen LogP contribution in [0, 0.1) is 6.92 Å². The van der Waals surface area contributed by atoms with Crippen LogP contribution in [-0.4, -0.2) is 33.1 Å². The van der Waals surface area contributed by atoms with Gasteiger partial charge in [0, 0.05) is 31.6 Å². The summed E-state index contributed by atoms with van der Waals surface area (Å²) in [6.07, 6.45) is 4.33. The highest BCUT2D eigenvalue weighted by Crippen LogP contribution is 2.14. The van der Waals surface area contributed by atoms with Crippen LogP contribution in [0.4, 0.5) is 5.69 Å². The minimum Gasteiger partial charge on any atom is -0.349 e. The number of hydrogen-bond acceptors (Lipinski definition) is 4. The third-order valence-corrected chi connectivity index (χ3v) is 4.25. The van der Waals surface area contributed by atoms with Crippen molar-refractivity contribution >= 4 is 17.5 Å². The fourth-order valence-electron chi connectivity index (χ4n) is 2.97. The quantitative estimate of drug-likeness (QED) is 0.871. The van der Waals surface area contributed by atoms with Gasteiger partial charge in [-0.15, -0.1) is 10.2 Å². The number of carbonyl (C=O) groups is 2. The Kier molecular flexibility index (Phi) is 5.42. The third-order valence-electron chi connectivity index (χ3n) is 4.25. The number of nitrogens with one attached hydrogen (secondary N) is 2. The molecule has 0 saturated carbocycles. The van der Waals surface area contributed by atoms with Gasteiger partial charge in [-0.3, -0.25) is 9.59 Å². The minimum absolute atomic E-state index is 0.133. The number of amides is 2. The summed E-state index contributed by atoms with van der Waals surface area (Å²) in [5, 5.41) is 13.7.